The fourth-order valence-corrected chi connectivity index (χ4v) is 2.80. The van der Waals surface area contributed by atoms with Gasteiger partial charge in [-0.1, -0.05) is 17.7 Å². The highest BCUT2D eigenvalue weighted by Crippen LogP contribution is 2.22. The molecular formula is C15H20N2OS. The zero-order chi connectivity index (χ0) is 13.8. The predicted molar refractivity (Wildman–Crippen MR) is 79.8 cm³/mol. The SMILES string of the molecule is COc1ccc(C)cc1CNC(C)c1nc(C)cs1. The van der Waals surface area contributed by atoms with Gasteiger partial charge in [0.05, 0.1) is 13.2 Å². The van der Waals surface area contributed by atoms with Crippen LogP contribution >= 0.6 is 11.3 Å². The van der Waals surface area contributed by atoms with Crippen molar-refractivity contribution < 1.29 is 4.74 Å². The van der Waals surface area contributed by atoms with Gasteiger partial charge in [-0.05, 0) is 26.8 Å². The second kappa shape index (κ2) is 6.17. The van der Waals surface area contributed by atoms with Crippen LogP contribution in [0.2, 0.25) is 0 Å². The number of hydrogen-bond acceptors (Lipinski definition) is 4. The number of hydrogen-bond donors (Lipinski definition) is 1. The van der Waals surface area contributed by atoms with Crippen molar-refractivity contribution in [2.45, 2.75) is 33.4 Å². The summed E-state index contributed by atoms with van der Waals surface area (Å²) in [5, 5.41) is 6.71. The Morgan fingerprint density at radius 1 is 1.37 bits per heavy atom. The Hall–Kier alpha value is -1.39. The van der Waals surface area contributed by atoms with Gasteiger partial charge in [0.2, 0.25) is 0 Å². The van der Waals surface area contributed by atoms with E-state index in [1.807, 2.05) is 13.0 Å². The average Bonchev–Trinajstić information content (AvgIpc) is 2.83. The number of aryl methyl sites for hydroxylation is 2. The highest BCUT2D eigenvalue weighted by Gasteiger charge is 2.10. The molecule has 2 aromatic rings. The molecule has 4 heteroatoms. The minimum Gasteiger partial charge on any atom is -0.496 e. The maximum atomic E-state index is 5.39. The lowest BCUT2D eigenvalue weighted by Gasteiger charge is -2.14. The predicted octanol–water partition coefficient (Wildman–Crippen LogP) is 3.62. The third-order valence-electron chi connectivity index (χ3n) is 3.04. The summed E-state index contributed by atoms with van der Waals surface area (Å²) in [6, 6.07) is 6.50. The van der Waals surface area contributed by atoms with Crippen molar-refractivity contribution in [3.05, 3.63) is 45.4 Å². The third-order valence-corrected chi connectivity index (χ3v) is 4.19. The molecule has 0 radical (unpaired) electrons. The first-order valence-corrected chi connectivity index (χ1v) is 7.27. The van der Waals surface area contributed by atoms with Crippen LogP contribution in [0.25, 0.3) is 0 Å². The molecule has 1 aromatic heterocycles. The number of ether oxygens (including phenoxy) is 1. The highest BCUT2D eigenvalue weighted by molar-refractivity contribution is 7.09. The molecule has 0 amide bonds. The van der Waals surface area contributed by atoms with E-state index in [1.54, 1.807) is 18.4 Å². The van der Waals surface area contributed by atoms with Crippen LogP contribution < -0.4 is 10.1 Å². The van der Waals surface area contributed by atoms with Gasteiger partial charge in [0.25, 0.3) is 0 Å². The van der Waals surface area contributed by atoms with Gasteiger partial charge in [0.1, 0.15) is 10.8 Å². The van der Waals surface area contributed by atoms with Crippen molar-refractivity contribution >= 4 is 11.3 Å². The molecule has 19 heavy (non-hydrogen) atoms. The minimum absolute atomic E-state index is 0.254. The average molecular weight is 276 g/mol. The molecule has 3 nitrogen and oxygen atoms in total. The van der Waals surface area contributed by atoms with Gasteiger partial charge in [0, 0.05) is 23.2 Å². The van der Waals surface area contributed by atoms with Gasteiger partial charge < -0.3 is 10.1 Å². The van der Waals surface area contributed by atoms with Gasteiger partial charge in [-0.3, -0.25) is 0 Å². The largest absolute Gasteiger partial charge is 0.496 e. The molecule has 2 rings (SSSR count). The van der Waals surface area contributed by atoms with Crippen LogP contribution in [-0.2, 0) is 6.54 Å². The fraction of sp³-hybridized carbons (Fsp3) is 0.400. The van der Waals surface area contributed by atoms with E-state index in [9.17, 15) is 0 Å². The first kappa shape index (κ1) is 14.0. The summed E-state index contributed by atoms with van der Waals surface area (Å²) in [7, 11) is 1.71. The quantitative estimate of drug-likeness (QED) is 0.905. The summed E-state index contributed by atoms with van der Waals surface area (Å²) < 4.78 is 5.39. The van der Waals surface area contributed by atoms with Crippen LogP contribution in [0.5, 0.6) is 5.75 Å². The smallest absolute Gasteiger partial charge is 0.123 e. The molecule has 1 aromatic carbocycles. The summed E-state index contributed by atoms with van der Waals surface area (Å²) in [6.07, 6.45) is 0. The van der Waals surface area contributed by atoms with Crippen LogP contribution in [0.4, 0.5) is 0 Å². The zero-order valence-corrected chi connectivity index (χ0v) is 12.7. The number of methoxy groups -OCH3 is 1. The Morgan fingerprint density at radius 3 is 2.79 bits per heavy atom. The van der Waals surface area contributed by atoms with Crippen LogP contribution in [0, 0.1) is 13.8 Å². The molecule has 102 valence electrons. The Bertz CT molecular complexity index is 551. The summed E-state index contributed by atoms with van der Waals surface area (Å²) in [5.41, 5.74) is 3.51. The topological polar surface area (TPSA) is 34.1 Å². The van der Waals surface area contributed by atoms with E-state index in [0.717, 1.165) is 23.0 Å². The highest BCUT2D eigenvalue weighted by atomic mass is 32.1. The van der Waals surface area contributed by atoms with Crippen molar-refractivity contribution in [1.82, 2.24) is 10.3 Å². The number of thiazole rings is 1. The molecule has 0 saturated carbocycles. The Balaban J connectivity index is 2.04. The maximum absolute atomic E-state index is 5.39. The minimum atomic E-state index is 0.254. The van der Waals surface area contributed by atoms with Crippen molar-refractivity contribution in [1.29, 1.82) is 0 Å². The van der Waals surface area contributed by atoms with E-state index in [4.69, 9.17) is 4.74 Å². The summed E-state index contributed by atoms with van der Waals surface area (Å²) in [4.78, 5) is 4.51. The lowest BCUT2D eigenvalue weighted by molar-refractivity contribution is 0.406. The number of benzene rings is 1. The van der Waals surface area contributed by atoms with Crippen LogP contribution in [0.1, 0.15) is 34.8 Å². The van der Waals surface area contributed by atoms with Crippen molar-refractivity contribution in [3.8, 4) is 5.75 Å². The van der Waals surface area contributed by atoms with Gasteiger partial charge in [-0.15, -0.1) is 11.3 Å². The van der Waals surface area contributed by atoms with Crippen LogP contribution in [-0.4, -0.2) is 12.1 Å². The van der Waals surface area contributed by atoms with Gasteiger partial charge in [0.15, 0.2) is 0 Å². The molecule has 0 aliphatic carbocycles. The molecule has 0 spiro atoms. The Labute approximate surface area is 118 Å². The van der Waals surface area contributed by atoms with Crippen LogP contribution in [0.15, 0.2) is 23.6 Å². The standard InChI is InChI=1S/C15H20N2OS/c1-10-5-6-14(18-4)13(7-10)8-16-12(3)15-17-11(2)9-19-15/h5-7,9,12,16H,8H2,1-4H3. The maximum Gasteiger partial charge on any atom is 0.123 e. The van der Waals surface area contributed by atoms with Crippen molar-refractivity contribution in [3.63, 3.8) is 0 Å². The van der Waals surface area contributed by atoms with Crippen molar-refractivity contribution in [2.75, 3.05) is 7.11 Å². The molecule has 1 N–H and O–H groups in total. The summed E-state index contributed by atoms with van der Waals surface area (Å²) in [5.74, 6) is 0.931. The second-order valence-electron chi connectivity index (χ2n) is 4.75. The Kier molecular flexibility index (Phi) is 4.56. The number of rotatable bonds is 5. The summed E-state index contributed by atoms with van der Waals surface area (Å²) in [6.45, 7) is 7.04. The molecule has 0 fully saturated rings. The van der Waals surface area contributed by atoms with Crippen molar-refractivity contribution in [2.24, 2.45) is 0 Å². The molecule has 0 saturated heterocycles. The molecule has 1 heterocycles. The van der Waals surface area contributed by atoms with E-state index < -0.39 is 0 Å². The number of aromatic nitrogens is 1. The molecule has 0 bridgehead atoms. The van der Waals surface area contributed by atoms with Crippen LogP contribution in [0.3, 0.4) is 0 Å². The molecule has 0 aliphatic rings. The number of nitrogens with zero attached hydrogens (tertiary/aromatic N) is 1. The number of nitrogens with one attached hydrogen (secondary N) is 1. The lowest BCUT2D eigenvalue weighted by Crippen LogP contribution is -2.18. The zero-order valence-electron chi connectivity index (χ0n) is 11.9. The fourth-order valence-electron chi connectivity index (χ4n) is 1.97. The molecule has 1 atom stereocenters. The molecule has 0 aliphatic heterocycles. The van der Waals surface area contributed by atoms with Gasteiger partial charge in [-0.2, -0.15) is 0 Å². The summed E-state index contributed by atoms with van der Waals surface area (Å²) >= 11 is 1.70. The van der Waals surface area contributed by atoms with E-state index in [1.165, 1.54) is 11.1 Å². The first-order chi connectivity index (χ1) is 9.10. The monoisotopic (exact) mass is 276 g/mol. The van der Waals surface area contributed by atoms with E-state index >= 15 is 0 Å². The molecule has 1 unspecified atom stereocenters. The first-order valence-electron chi connectivity index (χ1n) is 6.39. The van der Waals surface area contributed by atoms with E-state index in [0.29, 0.717) is 0 Å². The van der Waals surface area contributed by atoms with Gasteiger partial charge in [-0.25, -0.2) is 4.98 Å². The normalized spacial score (nSPS) is 12.4. The van der Waals surface area contributed by atoms with E-state index in [2.05, 4.69) is 41.7 Å². The van der Waals surface area contributed by atoms with E-state index in [-0.39, 0.29) is 6.04 Å². The Morgan fingerprint density at radius 2 is 2.16 bits per heavy atom. The third kappa shape index (κ3) is 3.55. The van der Waals surface area contributed by atoms with Gasteiger partial charge >= 0.3 is 0 Å². The lowest BCUT2D eigenvalue weighted by atomic mass is 10.1. The molecular weight excluding hydrogens is 256 g/mol. The second-order valence-corrected chi connectivity index (χ2v) is 5.63.